The van der Waals surface area contributed by atoms with Gasteiger partial charge in [0.25, 0.3) is 5.56 Å². The normalized spacial score (nSPS) is 15.7. The molecule has 1 unspecified atom stereocenters. The first-order chi connectivity index (χ1) is 14.7. The van der Waals surface area contributed by atoms with Crippen LogP contribution < -0.4 is 10.5 Å². The largest absolute Gasteiger partial charge is 0.301 e. The van der Waals surface area contributed by atoms with Gasteiger partial charge < -0.3 is 4.90 Å². The maximum atomic E-state index is 13.5. The number of benzene rings is 3. The van der Waals surface area contributed by atoms with Crippen molar-refractivity contribution in [1.29, 1.82) is 0 Å². The third kappa shape index (κ3) is 3.29. The van der Waals surface area contributed by atoms with E-state index in [1.165, 1.54) is 10.9 Å². The Morgan fingerprint density at radius 3 is 2.57 bits per heavy atom. The molecule has 5 nitrogen and oxygen atoms in total. The smallest absolute Gasteiger partial charge is 0.261 e. The molecule has 0 saturated heterocycles. The number of aromatic nitrogens is 2. The molecule has 0 aliphatic carbocycles. The monoisotopic (exact) mass is 413 g/mol. The highest BCUT2D eigenvalue weighted by molar-refractivity contribution is 7.99. The van der Waals surface area contributed by atoms with Gasteiger partial charge in [-0.3, -0.25) is 14.2 Å². The topological polar surface area (TPSA) is 55.2 Å². The summed E-state index contributed by atoms with van der Waals surface area (Å²) >= 11 is 1.75. The summed E-state index contributed by atoms with van der Waals surface area (Å²) in [4.78, 5) is 33.7. The van der Waals surface area contributed by atoms with E-state index in [1.807, 2.05) is 65.6 Å². The lowest BCUT2D eigenvalue weighted by Gasteiger charge is -2.37. The summed E-state index contributed by atoms with van der Waals surface area (Å²) in [5, 5.41) is 0.516. The highest BCUT2D eigenvalue weighted by Gasteiger charge is 2.32. The summed E-state index contributed by atoms with van der Waals surface area (Å²) in [6, 6.07) is 25.1. The van der Waals surface area contributed by atoms with Crippen LogP contribution in [-0.4, -0.2) is 21.2 Å². The Bertz CT molecular complexity index is 1290. The number of anilines is 1. The van der Waals surface area contributed by atoms with Crippen molar-refractivity contribution in [3.63, 3.8) is 0 Å². The van der Waals surface area contributed by atoms with Gasteiger partial charge in [-0.05, 0) is 29.8 Å². The van der Waals surface area contributed by atoms with Crippen LogP contribution in [0, 0.1) is 0 Å². The standard InChI is InChI=1S/C24H19N3O2S/c28-23(14-26-16-25-19-11-5-4-10-18(19)24(26)29)27-20-12-6-7-13-22(20)30-15-21(27)17-8-2-1-3-9-17/h1-13,16,21H,14-15H2. The highest BCUT2D eigenvalue weighted by atomic mass is 32.2. The number of nitrogens with zero attached hydrogens (tertiary/aromatic N) is 3. The molecule has 0 saturated carbocycles. The molecule has 3 aromatic carbocycles. The van der Waals surface area contributed by atoms with Crippen molar-refractivity contribution in [2.45, 2.75) is 17.5 Å². The predicted octanol–water partition coefficient (Wildman–Crippen LogP) is 4.28. The Kier molecular flexibility index (Phi) is 4.85. The molecule has 0 bridgehead atoms. The van der Waals surface area contributed by atoms with Crippen LogP contribution in [0.2, 0.25) is 0 Å². The predicted molar refractivity (Wildman–Crippen MR) is 120 cm³/mol. The van der Waals surface area contributed by atoms with Crippen LogP contribution in [0.4, 0.5) is 5.69 Å². The number of para-hydroxylation sites is 2. The molecule has 148 valence electrons. The van der Waals surface area contributed by atoms with Gasteiger partial charge >= 0.3 is 0 Å². The lowest BCUT2D eigenvalue weighted by atomic mass is 10.1. The van der Waals surface area contributed by atoms with Crippen LogP contribution >= 0.6 is 11.8 Å². The zero-order chi connectivity index (χ0) is 20.5. The average molecular weight is 414 g/mol. The maximum Gasteiger partial charge on any atom is 0.261 e. The van der Waals surface area contributed by atoms with Gasteiger partial charge in [-0.1, -0.05) is 54.6 Å². The number of rotatable bonds is 3. The molecule has 1 amide bonds. The van der Waals surface area contributed by atoms with Gasteiger partial charge in [0.15, 0.2) is 0 Å². The molecule has 1 aliphatic rings. The Hall–Kier alpha value is -3.38. The van der Waals surface area contributed by atoms with Crippen LogP contribution in [0.5, 0.6) is 0 Å². The average Bonchev–Trinajstić information content (AvgIpc) is 2.81. The van der Waals surface area contributed by atoms with Gasteiger partial charge in [-0.15, -0.1) is 11.8 Å². The SMILES string of the molecule is O=C(Cn1cnc2ccccc2c1=O)N1c2ccccc2SCC1c1ccccc1. The molecular weight excluding hydrogens is 394 g/mol. The molecule has 0 fully saturated rings. The van der Waals surface area contributed by atoms with Gasteiger partial charge in [0.05, 0.1) is 29.0 Å². The van der Waals surface area contributed by atoms with E-state index < -0.39 is 0 Å². The zero-order valence-electron chi connectivity index (χ0n) is 16.1. The van der Waals surface area contributed by atoms with Gasteiger partial charge in [0.2, 0.25) is 5.91 Å². The second-order valence-electron chi connectivity index (χ2n) is 7.16. The second-order valence-corrected chi connectivity index (χ2v) is 8.23. The number of amides is 1. The minimum Gasteiger partial charge on any atom is -0.301 e. The molecule has 2 heterocycles. The fourth-order valence-corrected chi connectivity index (χ4v) is 5.03. The van der Waals surface area contributed by atoms with Crippen molar-refractivity contribution in [2.75, 3.05) is 10.7 Å². The van der Waals surface area contributed by atoms with Gasteiger partial charge in [0, 0.05) is 10.6 Å². The summed E-state index contributed by atoms with van der Waals surface area (Å²) < 4.78 is 1.40. The van der Waals surface area contributed by atoms with Crippen molar-refractivity contribution in [1.82, 2.24) is 9.55 Å². The molecule has 1 aromatic heterocycles. The number of carbonyl (C=O) groups is 1. The molecule has 30 heavy (non-hydrogen) atoms. The molecule has 0 N–H and O–H groups in total. The quantitative estimate of drug-likeness (QED) is 0.503. The van der Waals surface area contributed by atoms with Crippen molar-refractivity contribution in [3.05, 3.63) is 101 Å². The fraction of sp³-hybridized carbons (Fsp3) is 0.125. The first-order valence-electron chi connectivity index (χ1n) is 9.75. The minimum absolute atomic E-state index is 0.0565. The zero-order valence-corrected chi connectivity index (χ0v) is 17.0. The van der Waals surface area contributed by atoms with Crippen molar-refractivity contribution < 1.29 is 4.79 Å². The van der Waals surface area contributed by atoms with E-state index in [4.69, 9.17) is 0 Å². The Labute approximate surface area is 178 Å². The van der Waals surface area contributed by atoms with Crippen molar-refractivity contribution in [2.24, 2.45) is 0 Å². The number of carbonyl (C=O) groups excluding carboxylic acids is 1. The van der Waals surface area contributed by atoms with Gasteiger partial charge in [-0.25, -0.2) is 4.98 Å². The number of hydrogen-bond donors (Lipinski definition) is 0. The molecular formula is C24H19N3O2S. The molecule has 6 heteroatoms. The third-order valence-electron chi connectivity index (χ3n) is 5.32. The highest BCUT2D eigenvalue weighted by Crippen LogP contribution is 2.43. The molecule has 4 aromatic rings. The molecule has 1 atom stereocenters. The van der Waals surface area contributed by atoms with E-state index in [2.05, 4.69) is 4.98 Å². The van der Waals surface area contributed by atoms with E-state index in [0.29, 0.717) is 10.9 Å². The Balaban J connectivity index is 1.55. The molecule has 1 aliphatic heterocycles. The number of thioether (sulfide) groups is 1. The van der Waals surface area contributed by atoms with Crippen LogP contribution in [0.25, 0.3) is 10.9 Å². The van der Waals surface area contributed by atoms with Crippen LogP contribution in [0.1, 0.15) is 11.6 Å². The first kappa shape index (κ1) is 18.6. The first-order valence-corrected chi connectivity index (χ1v) is 10.7. The maximum absolute atomic E-state index is 13.5. The summed E-state index contributed by atoms with van der Waals surface area (Å²) in [5.74, 6) is 0.633. The van der Waals surface area contributed by atoms with Gasteiger partial charge in [-0.2, -0.15) is 0 Å². The van der Waals surface area contributed by atoms with Crippen LogP contribution in [0.3, 0.4) is 0 Å². The summed E-state index contributed by atoms with van der Waals surface area (Å²) in [6.45, 7) is -0.0565. The summed E-state index contributed by atoms with van der Waals surface area (Å²) in [6.07, 6.45) is 1.46. The number of fused-ring (bicyclic) bond motifs is 2. The Morgan fingerprint density at radius 1 is 0.967 bits per heavy atom. The van der Waals surface area contributed by atoms with Crippen LogP contribution in [0.15, 0.2) is 94.9 Å². The minimum atomic E-state index is -0.204. The van der Waals surface area contributed by atoms with Crippen LogP contribution in [-0.2, 0) is 11.3 Å². The van der Waals surface area contributed by atoms with Crippen molar-refractivity contribution in [3.8, 4) is 0 Å². The summed E-state index contributed by atoms with van der Waals surface area (Å²) in [7, 11) is 0. The van der Waals surface area contributed by atoms with Gasteiger partial charge in [0.1, 0.15) is 6.54 Å². The van der Waals surface area contributed by atoms with Crippen molar-refractivity contribution >= 4 is 34.3 Å². The fourth-order valence-electron chi connectivity index (χ4n) is 3.86. The molecule has 0 radical (unpaired) electrons. The summed E-state index contributed by atoms with van der Waals surface area (Å²) in [5.41, 5.74) is 2.39. The lowest BCUT2D eigenvalue weighted by molar-refractivity contribution is -0.119. The lowest BCUT2D eigenvalue weighted by Crippen LogP contribution is -2.42. The van der Waals surface area contributed by atoms with E-state index >= 15 is 0 Å². The molecule has 5 rings (SSSR count). The number of hydrogen-bond acceptors (Lipinski definition) is 4. The molecule has 0 spiro atoms. The van der Waals surface area contributed by atoms with E-state index in [-0.39, 0.29) is 24.1 Å². The van der Waals surface area contributed by atoms with E-state index in [0.717, 1.165) is 21.9 Å². The van der Waals surface area contributed by atoms with E-state index in [1.54, 1.807) is 30.0 Å². The van der Waals surface area contributed by atoms with E-state index in [9.17, 15) is 9.59 Å². The second kappa shape index (κ2) is 7.80. The third-order valence-corrected chi connectivity index (χ3v) is 6.46. The Morgan fingerprint density at radius 2 is 1.70 bits per heavy atom.